The van der Waals surface area contributed by atoms with Crippen molar-refractivity contribution in [1.82, 2.24) is 0 Å². The van der Waals surface area contributed by atoms with Gasteiger partial charge >= 0.3 is 0 Å². The summed E-state index contributed by atoms with van der Waals surface area (Å²) < 4.78 is 0. The molecule has 0 radical (unpaired) electrons. The lowest BCUT2D eigenvalue weighted by Gasteiger charge is -2.92. The number of hydrogen-bond acceptors (Lipinski definition) is 1. The Morgan fingerprint density at radius 1 is 0.385 bits per heavy atom. The van der Waals surface area contributed by atoms with Gasteiger partial charge in [-0.2, -0.15) is 0 Å². The zero-order valence-electron chi connectivity index (χ0n) is 29.1. The third-order valence-corrected chi connectivity index (χ3v) is 14.4. The number of anilines is 3. The molecule has 52 heavy (non-hydrogen) atoms. The van der Waals surface area contributed by atoms with Crippen LogP contribution in [0.15, 0.2) is 176 Å². The van der Waals surface area contributed by atoms with Gasteiger partial charge in [-0.15, -0.1) is 0 Å². The van der Waals surface area contributed by atoms with E-state index in [0.717, 1.165) is 40.7 Å². The van der Waals surface area contributed by atoms with Gasteiger partial charge in [0.25, 0.3) is 0 Å². The maximum Gasteiger partial charge on any atom is 0.0467 e. The fourth-order valence-electron chi connectivity index (χ4n) is 12.4. The van der Waals surface area contributed by atoms with Crippen LogP contribution < -0.4 is 4.90 Å². The van der Waals surface area contributed by atoms with E-state index in [4.69, 9.17) is 0 Å². The predicted octanol–water partition coefficient (Wildman–Crippen LogP) is 13.1. The highest BCUT2D eigenvalue weighted by Gasteiger charge is 2.90. The van der Waals surface area contributed by atoms with Crippen LogP contribution >= 0.6 is 0 Å². The molecule has 7 aromatic carbocycles. The van der Waals surface area contributed by atoms with E-state index in [2.05, 4.69) is 181 Å². The number of fused-ring (bicyclic) bond motifs is 7. The molecule has 0 heterocycles. The first-order valence-electron chi connectivity index (χ1n) is 19.2. The van der Waals surface area contributed by atoms with Crippen LogP contribution in [0.25, 0.3) is 44.5 Å². The van der Waals surface area contributed by atoms with Gasteiger partial charge in [0.15, 0.2) is 0 Å². The Balaban J connectivity index is 0.983. The Hall–Kier alpha value is -5.66. The molecule has 2 spiro atoms. The smallest absolute Gasteiger partial charge is 0.0467 e. The first kappa shape index (κ1) is 29.0. The maximum atomic E-state index is 2.50. The van der Waals surface area contributed by atoms with Gasteiger partial charge in [-0.1, -0.05) is 140 Å². The van der Waals surface area contributed by atoms with E-state index in [0.29, 0.717) is 5.41 Å². The Bertz CT molecular complexity index is 2410. The average molecular weight is 666 g/mol. The summed E-state index contributed by atoms with van der Waals surface area (Å²) in [5.74, 6) is 3.69. The molecule has 0 saturated heterocycles. The Morgan fingerprint density at radius 2 is 0.885 bits per heavy atom. The van der Waals surface area contributed by atoms with Crippen molar-refractivity contribution in [3.63, 3.8) is 0 Å². The molecule has 248 valence electrons. The van der Waals surface area contributed by atoms with Gasteiger partial charge in [0, 0.05) is 22.5 Å². The molecule has 5 aliphatic rings. The van der Waals surface area contributed by atoms with E-state index >= 15 is 0 Å². The molecule has 1 heteroatoms. The maximum absolute atomic E-state index is 2.50. The summed E-state index contributed by atoms with van der Waals surface area (Å²) in [6, 6.07) is 65.4. The van der Waals surface area contributed by atoms with Crippen molar-refractivity contribution in [3.05, 3.63) is 187 Å². The zero-order valence-corrected chi connectivity index (χ0v) is 29.1. The van der Waals surface area contributed by atoms with Crippen LogP contribution in [-0.4, -0.2) is 0 Å². The lowest BCUT2D eigenvalue weighted by Crippen LogP contribution is -2.88. The first-order valence-corrected chi connectivity index (χ1v) is 19.2. The van der Waals surface area contributed by atoms with Crippen molar-refractivity contribution in [1.29, 1.82) is 0 Å². The molecule has 0 aliphatic heterocycles. The lowest BCUT2D eigenvalue weighted by atomic mass is 9.11. The number of hydrogen-bond donors (Lipinski definition) is 0. The highest BCUT2D eigenvalue weighted by atomic mass is 15.1. The van der Waals surface area contributed by atoms with E-state index in [-0.39, 0.29) is 5.41 Å². The number of rotatable bonds is 6. The predicted molar refractivity (Wildman–Crippen MR) is 214 cm³/mol. The van der Waals surface area contributed by atoms with Gasteiger partial charge < -0.3 is 4.90 Å². The van der Waals surface area contributed by atoms with Crippen LogP contribution in [0.1, 0.15) is 30.4 Å². The minimum Gasteiger partial charge on any atom is -0.310 e. The van der Waals surface area contributed by atoms with Gasteiger partial charge in [0.1, 0.15) is 0 Å². The summed E-state index contributed by atoms with van der Waals surface area (Å²) in [4.78, 5) is 2.42. The lowest BCUT2D eigenvalue weighted by molar-refractivity contribution is -0.412. The summed E-state index contributed by atoms with van der Waals surface area (Å²) in [5, 5.41) is 0. The average Bonchev–Trinajstić information content (AvgIpc) is 3.49. The molecule has 12 rings (SSSR count). The third kappa shape index (κ3) is 3.54. The molecule has 7 aromatic rings. The summed E-state index contributed by atoms with van der Waals surface area (Å²) in [6.07, 6.45) is 4.37. The monoisotopic (exact) mass is 665 g/mol. The van der Waals surface area contributed by atoms with Crippen LogP contribution in [0.5, 0.6) is 0 Å². The van der Waals surface area contributed by atoms with Crippen LogP contribution in [0.4, 0.5) is 17.1 Å². The normalized spacial score (nSPS) is 26.4. The van der Waals surface area contributed by atoms with E-state index in [1.807, 2.05) is 0 Å². The Morgan fingerprint density at radius 3 is 1.50 bits per heavy atom. The quantitative estimate of drug-likeness (QED) is 0.171. The zero-order chi connectivity index (χ0) is 34.0. The van der Waals surface area contributed by atoms with Crippen molar-refractivity contribution in [2.75, 3.05) is 4.90 Å². The molecule has 0 aromatic heterocycles. The molecule has 4 atom stereocenters. The standard InChI is InChI=1S/C51H39N/c1-3-11-33(12-4-1)35-21-25-40(26-22-35)52(41-27-23-36(24-28-41)34-13-5-2-6-14-34)42-16-9-15-37(29-42)43-18-10-20-46-49(43)44-17-7-8-19-45(44)51(46)47-31-38-30-39-32-48(51)50(38,39)47/h1-29,38-39,47-48H,30-32H2. The number of nitrogens with zero attached hydrogens (tertiary/aromatic N) is 1. The minimum absolute atomic E-state index is 0.222. The molecule has 5 aliphatic carbocycles. The molecule has 0 bridgehead atoms. The second-order valence-corrected chi connectivity index (χ2v) is 16.1. The van der Waals surface area contributed by atoms with Crippen molar-refractivity contribution in [2.45, 2.75) is 24.7 Å². The largest absolute Gasteiger partial charge is 0.310 e. The van der Waals surface area contributed by atoms with Gasteiger partial charge in [-0.05, 0) is 140 Å². The minimum atomic E-state index is 0.222. The van der Waals surface area contributed by atoms with Crippen molar-refractivity contribution in [2.24, 2.45) is 29.1 Å². The van der Waals surface area contributed by atoms with Crippen molar-refractivity contribution >= 4 is 17.1 Å². The molecule has 1 nitrogen and oxygen atoms in total. The third-order valence-electron chi connectivity index (χ3n) is 14.4. The van der Waals surface area contributed by atoms with Crippen molar-refractivity contribution in [3.8, 4) is 44.5 Å². The summed E-state index contributed by atoms with van der Waals surface area (Å²) >= 11 is 0. The second kappa shape index (κ2) is 10.5. The topological polar surface area (TPSA) is 3.24 Å². The fraction of sp³-hybridized carbons (Fsp3) is 0.176. The van der Waals surface area contributed by atoms with E-state index in [9.17, 15) is 0 Å². The van der Waals surface area contributed by atoms with Crippen LogP contribution in [0.3, 0.4) is 0 Å². The van der Waals surface area contributed by atoms with Gasteiger partial charge in [-0.3, -0.25) is 0 Å². The molecule has 0 N–H and O–H groups in total. The van der Waals surface area contributed by atoms with Gasteiger partial charge in [0.2, 0.25) is 0 Å². The van der Waals surface area contributed by atoms with Gasteiger partial charge in [-0.25, -0.2) is 0 Å². The van der Waals surface area contributed by atoms with Crippen LogP contribution in [-0.2, 0) is 5.41 Å². The van der Waals surface area contributed by atoms with Crippen LogP contribution in [0.2, 0.25) is 0 Å². The molecular formula is C51H39N. The summed E-state index contributed by atoms with van der Waals surface area (Å²) in [5.41, 5.74) is 18.1. The first-order chi connectivity index (χ1) is 25.8. The summed E-state index contributed by atoms with van der Waals surface area (Å²) in [7, 11) is 0. The second-order valence-electron chi connectivity index (χ2n) is 16.1. The summed E-state index contributed by atoms with van der Waals surface area (Å²) in [6.45, 7) is 0. The molecule has 4 unspecified atom stereocenters. The highest BCUT2D eigenvalue weighted by molar-refractivity contribution is 5.95. The van der Waals surface area contributed by atoms with E-state index in [1.165, 1.54) is 63.8 Å². The molecule has 0 amide bonds. The Kier molecular flexibility index (Phi) is 5.82. The molecular weight excluding hydrogens is 627 g/mol. The Labute approximate surface area is 306 Å². The van der Waals surface area contributed by atoms with Gasteiger partial charge in [0.05, 0.1) is 0 Å². The SMILES string of the molecule is c1ccc(-c2ccc(N(c3ccc(-c4ccccc4)cc3)c3cccc(-c4cccc5c4-c4ccccc4C54C5CC6CC7CC4C675)c3)cc2)cc1. The molecule has 4 fully saturated rings. The van der Waals surface area contributed by atoms with Crippen LogP contribution in [0, 0.1) is 29.1 Å². The van der Waals surface area contributed by atoms with E-state index < -0.39 is 0 Å². The fourth-order valence-corrected chi connectivity index (χ4v) is 12.4. The van der Waals surface area contributed by atoms with E-state index in [1.54, 1.807) is 11.1 Å². The van der Waals surface area contributed by atoms with Crippen molar-refractivity contribution < 1.29 is 0 Å². The number of benzene rings is 7. The highest BCUT2D eigenvalue weighted by Crippen LogP contribution is 2.94. The molecule has 4 saturated carbocycles.